The largest absolute Gasteiger partial charge is 0.458 e. The van der Waals surface area contributed by atoms with E-state index in [0.29, 0.717) is 6.04 Å². The molecule has 6 heteroatoms. The van der Waals surface area contributed by atoms with Crippen LogP contribution >= 0.6 is 0 Å². The van der Waals surface area contributed by atoms with Crippen molar-refractivity contribution in [3.05, 3.63) is 115 Å². The molecule has 47 heavy (non-hydrogen) atoms. The van der Waals surface area contributed by atoms with Gasteiger partial charge in [-0.05, 0) is 96.1 Å². The van der Waals surface area contributed by atoms with E-state index in [4.69, 9.17) is 14.5 Å². The van der Waals surface area contributed by atoms with E-state index in [9.17, 15) is 0 Å². The summed E-state index contributed by atoms with van der Waals surface area (Å²) in [4.78, 5) is 7.34. The highest BCUT2D eigenvalue weighted by atomic mass is 16.5. The van der Waals surface area contributed by atoms with Gasteiger partial charge in [0, 0.05) is 45.7 Å². The van der Waals surface area contributed by atoms with E-state index >= 15 is 0 Å². The molecule has 0 N–H and O–H groups in total. The molecule has 7 aromatic rings. The van der Waals surface area contributed by atoms with Gasteiger partial charge in [-0.3, -0.25) is 4.98 Å². The van der Waals surface area contributed by atoms with Gasteiger partial charge >= 0.3 is 0 Å². The second-order valence-corrected chi connectivity index (χ2v) is 12.9. The second kappa shape index (κ2) is 10.0. The van der Waals surface area contributed by atoms with Gasteiger partial charge in [0.1, 0.15) is 23.0 Å². The predicted octanol–water partition coefficient (Wildman–Crippen LogP) is 8.60. The molecule has 3 aliphatic heterocycles. The monoisotopic (exact) mass is 609 g/mol. The Kier molecular flexibility index (Phi) is 5.69. The quantitative estimate of drug-likeness (QED) is 0.177. The minimum Gasteiger partial charge on any atom is -0.458 e. The van der Waals surface area contributed by atoms with E-state index in [1.807, 2.05) is 18.3 Å². The average molecular weight is 610 g/mol. The van der Waals surface area contributed by atoms with E-state index in [1.165, 1.54) is 22.3 Å². The summed E-state index contributed by atoms with van der Waals surface area (Å²) in [7, 11) is 0. The Bertz CT molecular complexity index is 2360. The predicted molar refractivity (Wildman–Crippen MR) is 193 cm³/mol. The third kappa shape index (κ3) is 3.64. The lowest BCUT2D eigenvalue weighted by Gasteiger charge is -2.45. The van der Waals surface area contributed by atoms with E-state index in [1.54, 1.807) is 0 Å². The Morgan fingerprint density at radius 2 is 1.47 bits per heavy atom. The first-order valence-corrected chi connectivity index (χ1v) is 16.8. The first-order chi connectivity index (χ1) is 23.2. The molecule has 3 aliphatic rings. The Labute approximate surface area is 274 Å². The first-order valence-electron chi connectivity index (χ1n) is 16.8. The molecule has 0 bridgehead atoms. The molecule has 1 atom stereocenters. The van der Waals surface area contributed by atoms with Crippen molar-refractivity contribution in [2.75, 3.05) is 4.90 Å². The summed E-state index contributed by atoms with van der Waals surface area (Å²) in [5.74, 6) is 3.64. The number of hydrogen-bond donors (Lipinski definition) is 0. The van der Waals surface area contributed by atoms with Crippen molar-refractivity contribution in [3.63, 3.8) is 0 Å². The number of ether oxygens (including phenoxy) is 2. The maximum atomic E-state index is 7.00. The van der Waals surface area contributed by atoms with Crippen LogP contribution in [0.4, 0.5) is 11.4 Å². The number of hydrogen-bond acceptors (Lipinski definition) is 4. The molecular formula is C41H32BN3O2. The fraction of sp³-hybridized carbons (Fsp3) is 0.146. The minimum atomic E-state index is 0.0434. The maximum Gasteiger partial charge on any atom is 0.266 e. The molecule has 0 saturated heterocycles. The van der Waals surface area contributed by atoms with Crippen molar-refractivity contribution in [3.8, 4) is 39.8 Å². The zero-order valence-electron chi connectivity index (χ0n) is 26.4. The lowest BCUT2D eigenvalue weighted by Crippen LogP contribution is -2.63. The summed E-state index contributed by atoms with van der Waals surface area (Å²) in [6.07, 6.45) is 5.16. The van der Waals surface area contributed by atoms with Crippen LogP contribution in [-0.4, -0.2) is 22.3 Å². The molecular weight excluding hydrogens is 577 g/mol. The Hall–Kier alpha value is -5.49. The van der Waals surface area contributed by atoms with Gasteiger partial charge in [-0.25, -0.2) is 0 Å². The highest BCUT2D eigenvalue weighted by Crippen LogP contribution is 2.47. The number of pyridine rings is 1. The van der Waals surface area contributed by atoms with Crippen molar-refractivity contribution < 1.29 is 9.47 Å². The van der Waals surface area contributed by atoms with Gasteiger partial charge < -0.3 is 18.9 Å². The number of benzene rings is 5. The van der Waals surface area contributed by atoms with Gasteiger partial charge in [0.2, 0.25) is 0 Å². The fourth-order valence-corrected chi connectivity index (χ4v) is 8.43. The molecule has 0 amide bonds. The molecule has 5 heterocycles. The van der Waals surface area contributed by atoms with E-state index in [-0.39, 0.29) is 6.71 Å². The number of anilines is 2. The van der Waals surface area contributed by atoms with E-state index in [0.717, 1.165) is 86.5 Å². The van der Waals surface area contributed by atoms with Crippen molar-refractivity contribution >= 4 is 56.4 Å². The number of aromatic nitrogens is 2. The van der Waals surface area contributed by atoms with Crippen molar-refractivity contribution in [1.29, 1.82) is 0 Å². The molecule has 2 aromatic heterocycles. The number of nitrogens with zero attached hydrogens (tertiary/aromatic N) is 3. The van der Waals surface area contributed by atoms with Gasteiger partial charge in [-0.15, -0.1) is 0 Å². The summed E-state index contributed by atoms with van der Waals surface area (Å²) in [6, 6.07) is 39.3. The third-order valence-electron chi connectivity index (χ3n) is 10.4. The molecule has 226 valence electrons. The Balaban J connectivity index is 1.22. The van der Waals surface area contributed by atoms with Gasteiger partial charge in [0.25, 0.3) is 6.71 Å². The van der Waals surface area contributed by atoms with Gasteiger partial charge in [0.05, 0.1) is 16.6 Å². The van der Waals surface area contributed by atoms with Crippen molar-refractivity contribution in [1.82, 2.24) is 9.55 Å². The van der Waals surface area contributed by atoms with Crippen molar-refractivity contribution in [2.24, 2.45) is 0 Å². The topological polar surface area (TPSA) is 39.5 Å². The highest BCUT2D eigenvalue weighted by Gasteiger charge is 2.48. The van der Waals surface area contributed by atoms with Crippen LogP contribution in [-0.2, 0) is 0 Å². The Morgan fingerprint density at radius 3 is 2.34 bits per heavy atom. The van der Waals surface area contributed by atoms with Gasteiger partial charge in [0.15, 0.2) is 0 Å². The summed E-state index contributed by atoms with van der Waals surface area (Å²) in [6.45, 7) is 4.63. The number of rotatable bonds is 6. The molecule has 0 saturated carbocycles. The molecule has 0 aliphatic carbocycles. The van der Waals surface area contributed by atoms with Crippen LogP contribution in [0.3, 0.4) is 0 Å². The van der Waals surface area contributed by atoms with Crippen LogP contribution in [0.5, 0.6) is 23.0 Å². The van der Waals surface area contributed by atoms with E-state index < -0.39 is 0 Å². The van der Waals surface area contributed by atoms with Crippen LogP contribution in [0.15, 0.2) is 115 Å². The third-order valence-corrected chi connectivity index (χ3v) is 10.4. The summed E-state index contributed by atoms with van der Waals surface area (Å²) >= 11 is 0. The average Bonchev–Trinajstić information content (AvgIpc) is 3.45. The summed E-state index contributed by atoms with van der Waals surface area (Å²) in [5.41, 5.74) is 12.7. The lowest BCUT2D eigenvalue weighted by atomic mass is 9.33. The Morgan fingerprint density at radius 1 is 0.702 bits per heavy atom. The van der Waals surface area contributed by atoms with Crippen LogP contribution in [0, 0.1) is 0 Å². The fourth-order valence-electron chi connectivity index (χ4n) is 8.43. The standard InChI is InChI=1S/C41H32BN3O2/c1-3-11-26(4-2)44-31-16-8-18-34-37(31)42-38-32(44)22-21-28(41(38)47-36-20-9-19-35(46-34)39(36)42)25-12-7-13-27(24-25)45-30-15-6-5-14-29(30)40-33(45)17-10-23-43-40/h5-10,12-24,26H,3-4,11H2,1-2H3. The SMILES string of the molecule is CCCC(CC)N1c2cccc3c2B2c4c(cccc4Oc4c(-c5cccc(-n6c7ccccc7c7ncccc76)c5)ccc1c42)O3. The zero-order valence-corrected chi connectivity index (χ0v) is 26.4. The van der Waals surface area contributed by atoms with Crippen LogP contribution in [0.1, 0.15) is 33.1 Å². The molecule has 10 rings (SSSR count). The molecule has 5 nitrogen and oxygen atoms in total. The van der Waals surface area contributed by atoms with Gasteiger partial charge in [-0.2, -0.15) is 0 Å². The van der Waals surface area contributed by atoms with Crippen LogP contribution in [0.25, 0.3) is 38.8 Å². The zero-order chi connectivity index (χ0) is 31.2. The second-order valence-electron chi connectivity index (χ2n) is 12.9. The summed E-state index contributed by atoms with van der Waals surface area (Å²) < 4.78 is 15.9. The number of fused-ring (bicyclic) bond motifs is 3. The minimum absolute atomic E-state index is 0.0434. The number of para-hydroxylation sites is 1. The lowest BCUT2D eigenvalue weighted by molar-refractivity contribution is 0.464. The first kappa shape index (κ1) is 26.7. The van der Waals surface area contributed by atoms with Crippen LogP contribution < -0.4 is 30.8 Å². The summed E-state index contributed by atoms with van der Waals surface area (Å²) in [5, 5.41) is 1.15. The highest BCUT2D eigenvalue weighted by molar-refractivity contribution is 7.00. The maximum absolute atomic E-state index is 7.00. The van der Waals surface area contributed by atoms with Gasteiger partial charge in [-0.1, -0.05) is 62.7 Å². The molecule has 5 aromatic carbocycles. The molecule has 1 unspecified atom stereocenters. The van der Waals surface area contributed by atoms with Crippen LogP contribution in [0.2, 0.25) is 0 Å². The van der Waals surface area contributed by atoms with E-state index in [2.05, 4.69) is 120 Å². The molecule has 0 fully saturated rings. The van der Waals surface area contributed by atoms with Crippen molar-refractivity contribution in [2.45, 2.75) is 39.2 Å². The molecule has 0 spiro atoms. The normalized spacial score (nSPS) is 14.2. The smallest absolute Gasteiger partial charge is 0.266 e. The molecule has 0 radical (unpaired) electrons.